The quantitative estimate of drug-likeness (QED) is 0.766. The van der Waals surface area contributed by atoms with Crippen molar-refractivity contribution in [3.8, 4) is 0 Å². The second-order valence-electron chi connectivity index (χ2n) is 4.87. The molecule has 0 aliphatic heterocycles. The Morgan fingerprint density at radius 2 is 2.25 bits per heavy atom. The number of aryl methyl sites for hydroxylation is 1. The van der Waals surface area contributed by atoms with Crippen LogP contribution in [-0.2, 0) is 23.0 Å². The molecule has 0 amide bonds. The first kappa shape index (κ1) is 12.7. The number of imidazole rings is 1. The summed E-state index contributed by atoms with van der Waals surface area (Å²) in [7, 11) is 1.87. The molecule has 1 rings (SSSR count). The molecule has 1 heterocycles. The number of ether oxygens (including phenoxy) is 1. The SMILES string of the molecule is Cn1cnc(C[C@H](N)C(=O)OC(C)(C)C)c1. The van der Waals surface area contributed by atoms with Gasteiger partial charge in [0.05, 0.1) is 12.0 Å². The Labute approximate surface area is 95.6 Å². The van der Waals surface area contributed by atoms with Crippen molar-refractivity contribution in [3.05, 3.63) is 18.2 Å². The van der Waals surface area contributed by atoms with Crippen LogP contribution in [0.1, 0.15) is 26.5 Å². The Kier molecular flexibility index (Phi) is 3.70. The molecule has 0 saturated carbocycles. The van der Waals surface area contributed by atoms with E-state index in [1.54, 1.807) is 6.33 Å². The number of esters is 1. The Hall–Kier alpha value is -1.36. The largest absolute Gasteiger partial charge is 0.459 e. The second-order valence-corrected chi connectivity index (χ2v) is 4.87. The van der Waals surface area contributed by atoms with Crippen molar-refractivity contribution in [2.24, 2.45) is 12.8 Å². The summed E-state index contributed by atoms with van der Waals surface area (Å²) in [5.74, 6) is -0.391. The molecular weight excluding hydrogens is 206 g/mol. The fraction of sp³-hybridized carbons (Fsp3) is 0.636. The van der Waals surface area contributed by atoms with Gasteiger partial charge in [0.25, 0.3) is 0 Å². The third-order valence-corrected chi connectivity index (χ3v) is 1.90. The predicted octanol–water partition coefficient (Wildman–Crippen LogP) is 0.632. The van der Waals surface area contributed by atoms with Crippen molar-refractivity contribution < 1.29 is 9.53 Å². The van der Waals surface area contributed by atoms with Crippen LogP contribution < -0.4 is 5.73 Å². The molecule has 0 fully saturated rings. The molecule has 0 unspecified atom stereocenters. The van der Waals surface area contributed by atoms with E-state index in [2.05, 4.69) is 4.98 Å². The summed E-state index contributed by atoms with van der Waals surface area (Å²) in [5, 5.41) is 0. The van der Waals surface area contributed by atoms with Crippen molar-refractivity contribution in [2.75, 3.05) is 0 Å². The van der Waals surface area contributed by atoms with Gasteiger partial charge in [0.15, 0.2) is 0 Å². The van der Waals surface area contributed by atoms with Crippen molar-refractivity contribution in [2.45, 2.75) is 38.8 Å². The minimum atomic E-state index is -0.658. The first-order valence-electron chi connectivity index (χ1n) is 5.23. The normalized spacial score (nSPS) is 13.6. The van der Waals surface area contributed by atoms with Crippen LogP contribution in [0.4, 0.5) is 0 Å². The zero-order chi connectivity index (χ0) is 12.3. The van der Waals surface area contributed by atoms with Gasteiger partial charge in [-0.3, -0.25) is 4.79 Å². The third-order valence-electron chi connectivity index (χ3n) is 1.90. The predicted molar refractivity (Wildman–Crippen MR) is 60.7 cm³/mol. The van der Waals surface area contributed by atoms with Crippen molar-refractivity contribution in [3.63, 3.8) is 0 Å². The summed E-state index contributed by atoms with van der Waals surface area (Å²) in [6, 6.07) is -0.658. The highest BCUT2D eigenvalue weighted by molar-refractivity contribution is 5.76. The summed E-state index contributed by atoms with van der Waals surface area (Å²) in [6.45, 7) is 5.45. The summed E-state index contributed by atoms with van der Waals surface area (Å²) in [5.41, 5.74) is 6.03. The lowest BCUT2D eigenvalue weighted by molar-refractivity contribution is -0.156. The molecule has 0 aromatic carbocycles. The van der Waals surface area contributed by atoms with Crippen LogP contribution >= 0.6 is 0 Å². The van der Waals surface area contributed by atoms with Gasteiger partial charge in [-0.2, -0.15) is 0 Å². The smallest absolute Gasteiger partial charge is 0.323 e. The minimum absolute atomic E-state index is 0.391. The van der Waals surface area contributed by atoms with Crippen LogP contribution in [0.25, 0.3) is 0 Å². The van der Waals surface area contributed by atoms with Crippen LogP contribution in [0.5, 0.6) is 0 Å². The molecule has 0 saturated heterocycles. The number of nitrogens with zero attached hydrogens (tertiary/aromatic N) is 2. The molecule has 90 valence electrons. The molecule has 0 aliphatic carbocycles. The number of aromatic nitrogens is 2. The number of carbonyl (C=O) groups is 1. The standard InChI is InChI=1S/C11H19N3O2/c1-11(2,3)16-10(15)9(12)5-8-6-14(4)7-13-8/h6-7,9H,5,12H2,1-4H3/t9-/m0/s1. The van der Waals surface area contributed by atoms with Gasteiger partial charge in [-0.25, -0.2) is 4.98 Å². The highest BCUT2D eigenvalue weighted by atomic mass is 16.6. The third kappa shape index (κ3) is 4.02. The fourth-order valence-corrected chi connectivity index (χ4v) is 1.26. The number of rotatable bonds is 3. The van der Waals surface area contributed by atoms with Gasteiger partial charge in [-0.05, 0) is 20.8 Å². The van der Waals surface area contributed by atoms with Crippen LogP contribution in [0.15, 0.2) is 12.5 Å². The van der Waals surface area contributed by atoms with Crippen LogP contribution in [-0.4, -0.2) is 27.2 Å². The highest BCUT2D eigenvalue weighted by Gasteiger charge is 2.22. The van der Waals surface area contributed by atoms with E-state index in [0.717, 1.165) is 5.69 Å². The van der Waals surface area contributed by atoms with Crippen LogP contribution in [0, 0.1) is 0 Å². The molecule has 5 nitrogen and oxygen atoms in total. The summed E-state index contributed by atoms with van der Waals surface area (Å²) >= 11 is 0. The lowest BCUT2D eigenvalue weighted by Crippen LogP contribution is -2.38. The zero-order valence-electron chi connectivity index (χ0n) is 10.2. The molecule has 1 atom stereocenters. The maximum absolute atomic E-state index is 11.6. The lowest BCUT2D eigenvalue weighted by atomic mass is 10.1. The molecule has 1 aromatic heterocycles. The van der Waals surface area contributed by atoms with Crippen LogP contribution in [0.2, 0.25) is 0 Å². The average molecular weight is 225 g/mol. The van der Waals surface area contributed by atoms with Gasteiger partial charge < -0.3 is 15.0 Å². The van der Waals surface area contributed by atoms with Gasteiger partial charge in [-0.15, -0.1) is 0 Å². The molecule has 0 spiro atoms. The average Bonchev–Trinajstić information content (AvgIpc) is 2.48. The van der Waals surface area contributed by atoms with E-state index in [-0.39, 0.29) is 0 Å². The molecule has 2 N–H and O–H groups in total. The van der Waals surface area contributed by atoms with E-state index in [0.29, 0.717) is 6.42 Å². The molecule has 1 aromatic rings. The summed E-state index contributed by atoms with van der Waals surface area (Å²) in [4.78, 5) is 15.7. The van der Waals surface area contributed by atoms with E-state index < -0.39 is 17.6 Å². The Balaban J connectivity index is 2.52. The number of hydrogen-bond acceptors (Lipinski definition) is 4. The monoisotopic (exact) mass is 225 g/mol. The summed E-state index contributed by atoms with van der Waals surface area (Å²) in [6.07, 6.45) is 3.91. The van der Waals surface area contributed by atoms with Gasteiger partial charge >= 0.3 is 5.97 Å². The fourth-order valence-electron chi connectivity index (χ4n) is 1.26. The molecule has 5 heteroatoms. The Bertz CT molecular complexity index is 366. The molecule has 16 heavy (non-hydrogen) atoms. The molecule has 0 radical (unpaired) electrons. The van der Waals surface area contributed by atoms with Gasteiger partial charge in [0.1, 0.15) is 11.6 Å². The summed E-state index contributed by atoms with van der Waals surface area (Å²) < 4.78 is 7.00. The first-order chi connectivity index (χ1) is 7.28. The number of nitrogens with two attached hydrogens (primary N) is 1. The van der Waals surface area contributed by atoms with E-state index in [1.807, 2.05) is 38.6 Å². The minimum Gasteiger partial charge on any atom is -0.459 e. The van der Waals surface area contributed by atoms with E-state index >= 15 is 0 Å². The Morgan fingerprint density at radius 1 is 1.62 bits per heavy atom. The number of hydrogen-bond donors (Lipinski definition) is 1. The number of carbonyl (C=O) groups excluding carboxylic acids is 1. The van der Waals surface area contributed by atoms with Crippen molar-refractivity contribution in [1.82, 2.24) is 9.55 Å². The topological polar surface area (TPSA) is 70.1 Å². The maximum Gasteiger partial charge on any atom is 0.323 e. The first-order valence-corrected chi connectivity index (χ1v) is 5.23. The van der Waals surface area contributed by atoms with E-state index in [4.69, 9.17) is 10.5 Å². The molecule has 0 bridgehead atoms. The maximum atomic E-state index is 11.6. The van der Waals surface area contributed by atoms with Gasteiger partial charge in [-0.1, -0.05) is 0 Å². The Morgan fingerprint density at radius 3 is 2.69 bits per heavy atom. The molecule has 0 aliphatic rings. The van der Waals surface area contributed by atoms with Crippen molar-refractivity contribution >= 4 is 5.97 Å². The van der Waals surface area contributed by atoms with E-state index in [1.165, 1.54) is 0 Å². The van der Waals surface area contributed by atoms with Gasteiger partial charge in [0.2, 0.25) is 0 Å². The van der Waals surface area contributed by atoms with E-state index in [9.17, 15) is 4.79 Å². The highest BCUT2D eigenvalue weighted by Crippen LogP contribution is 2.09. The van der Waals surface area contributed by atoms with Crippen molar-refractivity contribution in [1.29, 1.82) is 0 Å². The zero-order valence-corrected chi connectivity index (χ0v) is 10.2. The molecular formula is C11H19N3O2. The van der Waals surface area contributed by atoms with Gasteiger partial charge in [0, 0.05) is 19.7 Å². The second kappa shape index (κ2) is 4.65. The van der Waals surface area contributed by atoms with Crippen LogP contribution in [0.3, 0.4) is 0 Å². The lowest BCUT2D eigenvalue weighted by Gasteiger charge is -2.21.